The van der Waals surface area contributed by atoms with E-state index in [2.05, 4.69) is 31.1 Å². The third-order valence-electron chi connectivity index (χ3n) is 2.28. The van der Waals surface area contributed by atoms with Crippen molar-refractivity contribution >= 4 is 39.7 Å². The summed E-state index contributed by atoms with van der Waals surface area (Å²) in [5.74, 6) is 0.149. The van der Waals surface area contributed by atoms with E-state index in [0.717, 1.165) is 30.4 Å². The number of thioether (sulfide) groups is 1. The lowest BCUT2D eigenvalue weighted by atomic mass is 10.3. The molecule has 0 aliphatic rings. The summed E-state index contributed by atoms with van der Waals surface area (Å²) in [6.45, 7) is 2.03. The molecule has 0 radical (unpaired) electrons. The fourth-order valence-electron chi connectivity index (χ4n) is 1.44. The maximum Gasteiger partial charge on any atom is 0.342 e. The van der Waals surface area contributed by atoms with Gasteiger partial charge in [-0.1, -0.05) is 6.92 Å². The Morgan fingerprint density at radius 2 is 2.40 bits per heavy atom. The molecule has 0 saturated heterocycles. The number of hydrogen-bond acceptors (Lipinski definition) is 5. The molecule has 0 amide bonds. The molecule has 8 heteroatoms. The zero-order chi connectivity index (χ0) is 14.5. The van der Waals surface area contributed by atoms with E-state index < -0.39 is 5.97 Å². The molecular formula is C12H12BrN3O3S. The molecule has 0 aliphatic heterocycles. The quantitative estimate of drug-likeness (QED) is 0.608. The van der Waals surface area contributed by atoms with Crippen molar-refractivity contribution in [3.05, 3.63) is 33.3 Å². The van der Waals surface area contributed by atoms with Crippen LogP contribution in [0.5, 0.6) is 0 Å². The van der Waals surface area contributed by atoms with Crippen LogP contribution in [-0.4, -0.2) is 26.3 Å². The van der Waals surface area contributed by atoms with Crippen LogP contribution >= 0.6 is 27.7 Å². The zero-order valence-corrected chi connectivity index (χ0v) is 13.0. The highest BCUT2D eigenvalue weighted by atomic mass is 79.9. The Morgan fingerprint density at radius 3 is 3.00 bits per heavy atom. The summed E-state index contributed by atoms with van der Waals surface area (Å²) in [6, 6.07) is 3.37. The fraction of sp³-hybridized carbons (Fsp3) is 0.250. The highest BCUT2D eigenvalue weighted by molar-refractivity contribution is 9.10. The van der Waals surface area contributed by atoms with E-state index in [1.54, 1.807) is 12.1 Å². The molecule has 2 N–H and O–H groups in total. The second-order valence-electron chi connectivity index (χ2n) is 3.87. The van der Waals surface area contributed by atoms with Gasteiger partial charge in [0.25, 0.3) is 0 Å². The summed E-state index contributed by atoms with van der Waals surface area (Å²) in [4.78, 5) is 15.6. The lowest BCUT2D eigenvalue weighted by molar-refractivity contribution is -0.131. The second kappa shape index (κ2) is 6.76. The van der Waals surface area contributed by atoms with E-state index in [-0.39, 0.29) is 4.91 Å². The molecule has 2 rings (SSSR count). The van der Waals surface area contributed by atoms with Gasteiger partial charge in [-0.3, -0.25) is 5.10 Å². The van der Waals surface area contributed by atoms with E-state index in [4.69, 9.17) is 4.42 Å². The van der Waals surface area contributed by atoms with Crippen LogP contribution < -0.4 is 0 Å². The third kappa shape index (κ3) is 3.97. The number of carboxylic acids is 1. The van der Waals surface area contributed by atoms with E-state index in [1.807, 2.05) is 6.92 Å². The summed E-state index contributed by atoms with van der Waals surface area (Å²) < 4.78 is 5.80. The first kappa shape index (κ1) is 14.9. The summed E-state index contributed by atoms with van der Waals surface area (Å²) >= 11 is 4.15. The second-order valence-corrected chi connectivity index (χ2v) is 5.66. The molecule has 6 nitrogen and oxygen atoms in total. The summed E-state index contributed by atoms with van der Waals surface area (Å²) in [5, 5.41) is 16.4. The molecule has 0 spiro atoms. The molecule has 0 unspecified atom stereocenters. The van der Waals surface area contributed by atoms with Crippen LogP contribution in [0.4, 0.5) is 0 Å². The number of carboxylic acid groups (broad SMARTS) is 1. The summed E-state index contributed by atoms with van der Waals surface area (Å²) in [6.07, 6.45) is 3.17. The van der Waals surface area contributed by atoms with Crippen molar-refractivity contribution in [2.45, 2.75) is 24.9 Å². The van der Waals surface area contributed by atoms with Crippen molar-refractivity contribution in [3.8, 4) is 0 Å². The van der Waals surface area contributed by atoms with Gasteiger partial charge in [-0.15, -0.1) is 5.10 Å². The van der Waals surface area contributed by atoms with Crippen molar-refractivity contribution in [3.63, 3.8) is 0 Å². The van der Waals surface area contributed by atoms with Gasteiger partial charge in [0, 0.05) is 12.5 Å². The monoisotopic (exact) mass is 357 g/mol. The van der Waals surface area contributed by atoms with E-state index in [9.17, 15) is 9.90 Å². The van der Waals surface area contributed by atoms with Gasteiger partial charge in [-0.25, -0.2) is 9.78 Å². The number of halogens is 1. The minimum absolute atomic E-state index is 0.0916. The SMILES string of the molecule is CCCc1nc(S/C(=C/c2ccc(Br)o2)C(=O)O)n[nH]1. The van der Waals surface area contributed by atoms with Crippen LogP contribution in [0, 0.1) is 0 Å². The molecule has 0 aliphatic carbocycles. The highest BCUT2D eigenvalue weighted by Crippen LogP contribution is 2.27. The van der Waals surface area contributed by atoms with Gasteiger partial charge >= 0.3 is 5.97 Å². The Kier molecular flexibility index (Phi) is 5.02. The molecular weight excluding hydrogens is 346 g/mol. The number of furan rings is 1. The van der Waals surface area contributed by atoms with E-state index >= 15 is 0 Å². The fourth-order valence-corrected chi connectivity index (χ4v) is 2.47. The van der Waals surface area contributed by atoms with Crippen molar-refractivity contribution in [2.75, 3.05) is 0 Å². The highest BCUT2D eigenvalue weighted by Gasteiger charge is 2.14. The number of aryl methyl sites for hydroxylation is 1. The number of carbonyl (C=O) groups is 1. The number of rotatable bonds is 6. The average Bonchev–Trinajstić information content (AvgIpc) is 2.99. The number of hydrogen-bond donors (Lipinski definition) is 2. The van der Waals surface area contributed by atoms with E-state index in [1.165, 1.54) is 6.08 Å². The van der Waals surface area contributed by atoms with Crippen LogP contribution in [0.25, 0.3) is 6.08 Å². The Labute approximate surface area is 127 Å². The van der Waals surface area contributed by atoms with Crippen molar-refractivity contribution in [1.29, 1.82) is 0 Å². The molecule has 0 saturated carbocycles. The maximum absolute atomic E-state index is 11.2. The number of aromatic amines is 1. The van der Waals surface area contributed by atoms with Gasteiger partial charge in [0.2, 0.25) is 5.16 Å². The minimum Gasteiger partial charge on any atom is -0.477 e. The van der Waals surface area contributed by atoms with Crippen molar-refractivity contribution in [2.24, 2.45) is 0 Å². The van der Waals surface area contributed by atoms with Crippen LogP contribution in [0.3, 0.4) is 0 Å². The first-order chi connectivity index (χ1) is 9.58. The smallest absolute Gasteiger partial charge is 0.342 e. The first-order valence-electron chi connectivity index (χ1n) is 5.88. The Bertz CT molecular complexity index is 635. The zero-order valence-electron chi connectivity index (χ0n) is 10.6. The van der Waals surface area contributed by atoms with Crippen LogP contribution in [0.1, 0.15) is 24.9 Å². The number of nitrogens with zero attached hydrogens (tertiary/aromatic N) is 2. The third-order valence-corrected chi connectivity index (χ3v) is 3.58. The lowest BCUT2D eigenvalue weighted by Crippen LogP contribution is -1.97. The molecule has 20 heavy (non-hydrogen) atoms. The van der Waals surface area contributed by atoms with Gasteiger partial charge in [0.15, 0.2) is 4.67 Å². The average molecular weight is 358 g/mol. The molecule has 0 atom stereocenters. The topological polar surface area (TPSA) is 92.0 Å². The lowest BCUT2D eigenvalue weighted by Gasteiger charge is -1.97. The molecule has 0 fully saturated rings. The first-order valence-corrected chi connectivity index (χ1v) is 7.49. The van der Waals surface area contributed by atoms with Crippen molar-refractivity contribution in [1.82, 2.24) is 15.2 Å². The number of aromatic nitrogens is 3. The minimum atomic E-state index is -1.05. The van der Waals surface area contributed by atoms with Gasteiger partial charge in [-0.2, -0.15) is 0 Å². The standard InChI is InChI=1S/C12H12BrN3O3S/c1-2-3-10-14-12(16-15-10)20-8(11(17)18)6-7-4-5-9(13)19-7/h4-6H,2-3H2,1H3,(H,17,18)(H,14,15,16)/b8-6+. The largest absolute Gasteiger partial charge is 0.477 e. The van der Waals surface area contributed by atoms with Crippen molar-refractivity contribution < 1.29 is 14.3 Å². The Hall–Kier alpha value is -1.54. The Balaban J connectivity index is 2.16. The molecule has 0 aromatic carbocycles. The number of H-pyrrole nitrogens is 1. The van der Waals surface area contributed by atoms with Crippen LogP contribution in [-0.2, 0) is 11.2 Å². The van der Waals surface area contributed by atoms with Crippen LogP contribution in [0.15, 0.2) is 31.3 Å². The molecule has 0 bridgehead atoms. The Morgan fingerprint density at radius 1 is 1.60 bits per heavy atom. The van der Waals surface area contributed by atoms with E-state index in [0.29, 0.717) is 15.6 Å². The normalized spacial score (nSPS) is 11.8. The molecule has 2 aromatic rings. The van der Waals surface area contributed by atoms with Gasteiger partial charge in [-0.05, 0) is 46.2 Å². The van der Waals surface area contributed by atoms with Gasteiger partial charge in [0.1, 0.15) is 16.5 Å². The number of aliphatic carboxylic acids is 1. The molecule has 106 valence electrons. The predicted octanol–water partition coefficient (Wildman–Crippen LogP) is 3.33. The maximum atomic E-state index is 11.2. The summed E-state index contributed by atoms with van der Waals surface area (Å²) in [5.41, 5.74) is 0. The summed E-state index contributed by atoms with van der Waals surface area (Å²) in [7, 11) is 0. The molecule has 2 aromatic heterocycles. The predicted molar refractivity (Wildman–Crippen MR) is 78.3 cm³/mol. The van der Waals surface area contributed by atoms with Gasteiger partial charge < -0.3 is 9.52 Å². The van der Waals surface area contributed by atoms with Crippen LogP contribution in [0.2, 0.25) is 0 Å². The van der Waals surface area contributed by atoms with Gasteiger partial charge in [0.05, 0.1) is 0 Å². The molecule has 2 heterocycles. The number of nitrogens with one attached hydrogen (secondary N) is 1.